The molecule has 5 rings (SSSR count). The molecule has 1 aliphatic heterocycles. The van der Waals surface area contributed by atoms with E-state index in [0.29, 0.717) is 40.5 Å². The molecular formula is C22H18N4O5S. The maximum atomic E-state index is 5.40. The molecule has 32 heavy (non-hydrogen) atoms. The number of methoxy groups -OCH3 is 2. The van der Waals surface area contributed by atoms with Crippen molar-refractivity contribution in [1.82, 2.24) is 20.3 Å². The number of thioether (sulfide) groups is 1. The van der Waals surface area contributed by atoms with Crippen molar-refractivity contribution in [2.45, 2.75) is 10.8 Å². The maximum absolute atomic E-state index is 5.40. The number of nitrogens with zero attached hydrogens (tertiary/aromatic N) is 4. The second-order valence-corrected chi connectivity index (χ2v) is 7.69. The van der Waals surface area contributed by atoms with Crippen LogP contribution in [-0.4, -0.2) is 41.4 Å². The van der Waals surface area contributed by atoms with Crippen molar-refractivity contribution in [2.75, 3.05) is 21.0 Å². The lowest BCUT2D eigenvalue weighted by atomic mass is 10.1. The van der Waals surface area contributed by atoms with Crippen LogP contribution in [0.5, 0.6) is 23.0 Å². The second-order valence-electron chi connectivity index (χ2n) is 6.70. The molecule has 1 aliphatic rings. The van der Waals surface area contributed by atoms with Crippen LogP contribution in [0.25, 0.3) is 22.6 Å². The third kappa shape index (κ3) is 4.04. The van der Waals surface area contributed by atoms with Crippen LogP contribution < -0.4 is 18.9 Å². The molecule has 2 aromatic carbocycles. The van der Waals surface area contributed by atoms with Crippen molar-refractivity contribution >= 4 is 11.8 Å². The molecule has 0 saturated heterocycles. The fourth-order valence-electron chi connectivity index (χ4n) is 3.15. The summed E-state index contributed by atoms with van der Waals surface area (Å²) >= 11 is 1.46. The van der Waals surface area contributed by atoms with E-state index in [2.05, 4.69) is 20.3 Å². The molecule has 0 atom stereocenters. The SMILES string of the molecule is COc1ccc(-c2ccc(SCc3nc(-c4ccc5c(c4)OCO5)no3)nn2)cc1OC. The van der Waals surface area contributed by atoms with Crippen molar-refractivity contribution in [1.29, 1.82) is 0 Å². The van der Waals surface area contributed by atoms with Gasteiger partial charge in [-0.3, -0.25) is 0 Å². The van der Waals surface area contributed by atoms with Gasteiger partial charge in [0.05, 0.1) is 25.7 Å². The van der Waals surface area contributed by atoms with Gasteiger partial charge in [0.15, 0.2) is 23.0 Å². The Morgan fingerprint density at radius 3 is 2.53 bits per heavy atom. The summed E-state index contributed by atoms with van der Waals surface area (Å²) in [5, 5.41) is 13.4. The van der Waals surface area contributed by atoms with Crippen molar-refractivity contribution in [3.63, 3.8) is 0 Å². The summed E-state index contributed by atoms with van der Waals surface area (Å²) in [7, 11) is 3.20. The number of rotatable bonds is 7. The highest BCUT2D eigenvalue weighted by molar-refractivity contribution is 7.98. The molecule has 3 heterocycles. The lowest BCUT2D eigenvalue weighted by Crippen LogP contribution is -1.93. The minimum Gasteiger partial charge on any atom is -0.493 e. The van der Waals surface area contributed by atoms with E-state index in [0.717, 1.165) is 21.8 Å². The van der Waals surface area contributed by atoms with Gasteiger partial charge in [-0.25, -0.2) is 0 Å². The van der Waals surface area contributed by atoms with Crippen molar-refractivity contribution in [2.24, 2.45) is 0 Å². The zero-order valence-electron chi connectivity index (χ0n) is 17.3. The Kier molecular flexibility index (Phi) is 5.51. The van der Waals surface area contributed by atoms with Crippen LogP contribution in [0.2, 0.25) is 0 Å². The third-order valence-electron chi connectivity index (χ3n) is 4.76. The first-order chi connectivity index (χ1) is 15.7. The van der Waals surface area contributed by atoms with Gasteiger partial charge >= 0.3 is 0 Å². The van der Waals surface area contributed by atoms with Gasteiger partial charge in [-0.15, -0.1) is 10.2 Å². The smallest absolute Gasteiger partial charge is 0.237 e. The highest BCUT2D eigenvalue weighted by Gasteiger charge is 2.17. The number of ether oxygens (including phenoxy) is 4. The number of aromatic nitrogens is 4. The quantitative estimate of drug-likeness (QED) is 0.380. The molecule has 10 heteroatoms. The lowest BCUT2D eigenvalue weighted by Gasteiger charge is -2.09. The molecule has 0 bridgehead atoms. The van der Waals surface area contributed by atoms with E-state index in [9.17, 15) is 0 Å². The van der Waals surface area contributed by atoms with E-state index in [1.807, 2.05) is 48.5 Å². The molecule has 162 valence electrons. The van der Waals surface area contributed by atoms with Crippen LogP contribution in [0.1, 0.15) is 5.89 Å². The van der Waals surface area contributed by atoms with Gasteiger partial charge in [-0.2, -0.15) is 4.98 Å². The molecule has 0 spiro atoms. The molecular weight excluding hydrogens is 432 g/mol. The van der Waals surface area contributed by atoms with Gasteiger partial charge in [0, 0.05) is 11.1 Å². The zero-order valence-corrected chi connectivity index (χ0v) is 18.1. The first-order valence-electron chi connectivity index (χ1n) is 9.65. The van der Waals surface area contributed by atoms with E-state index >= 15 is 0 Å². The minimum absolute atomic E-state index is 0.221. The Morgan fingerprint density at radius 1 is 0.875 bits per heavy atom. The first-order valence-corrected chi connectivity index (χ1v) is 10.6. The predicted molar refractivity (Wildman–Crippen MR) is 116 cm³/mol. The van der Waals surface area contributed by atoms with Crippen molar-refractivity contribution in [3.8, 4) is 45.6 Å². The van der Waals surface area contributed by atoms with Crippen LogP contribution in [0, 0.1) is 0 Å². The average molecular weight is 450 g/mol. The summed E-state index contributed by atoms with van der Waals surface area (Å²) in [6, 6.07) is 15.0. The first kappa shape index (κ1) is 20.1. The predicted octanol–water partition coefficient (Wildman–Crippen LogP) is 4.23. The van der Waals surface area contributed by atoms with Crippen LogP contribution in [-0.2, 0) is 5.75 Å². The molecule has 0 amide bonds. The van der Waals surface area contributed by atoms with E-state index in [4.69, 9.17) is 23.5 Å². The Balaban J connectivity index is 1.24. The Hall–Kier alpha value is -3.79. The number of hydrogen-bond donors (Lipinski definition) is 0. The number of benzene rings is 2. The van der Waals surface area contributed by atoms with Crippen LogP contribution in [0.15, 0.2) is 58.1 Å². The monoisotopic (exact) mass is 450 g/mol. The van der Waals surface area contributed by atoms with Gasteiger partial charge < -0.3 is 23.5 Å². The lowest BCUT2D eigenvalue weighted by molar-refractivity contribution is 0.174. The number of hydrogen-bond acceptors (Lipinski definition) is 10. The molecule has 0 radical (unpaired) electrons. The summed E-state index contributed by atoms with van der Waals surface area (Å²) < 4.78 is 26.7. The van der Waals surface area contributed by atoms with Gasteiger partial charge in [0.1, 0.15) is 5.03 Å². The van der Waals surface area contributed by atoms with E-state index < -0.39 is 0 Å². The summed E-state index contributed by atoms with van der Waals surface area (Å²) in [5.41, 5.74) is 2.42. The van der Waals surface area contributed by atoms with Gasteiger partial charge in [0.2, 0.25) is 18.5 Å². The molecule has 9 nitrogen and oxygen atoms in total. The van der Waals surface area contributed by atoms with E-state index in [-0.39, 0.29) is 6.79 Å². The molecule has 0 aliphatic carbocycles. The summed E-state index contributed by atoms with van der Waals surface area (Å²) in [6.07, 6.45) is 0. The zero-order chi connectivity index (χ0) is 21.9. The van der Waals surface area contributed by atoms with Gasteiger partial charge in [-0.1, -0.05) is 16.9 Å². The minimum atomic E-state index is 0.221. The average Bonchev–Trinajstić information content (AvgIpc) is 3.51. The standard InChI is InChI=1S/C22H18N4O5S/c1-27-16-6-3-13(9-18(16)28-2)15-5-8-21(25-24-15)32-11-20-23-22(26-31-20)14-4-7-17-19(10-14)30-12-29-17/h3-10H,11-12H2,1-2H3. The summed E-state index contributed by atoms with van der Waals surface area (Å²) in [6.45, 7) is 0.221. The van der Waals surface area contributed by atoms with Crippen LogP contribution in [0.4, 0.5) is 0 Å². The second kappa shape index (κ2) is 8.75. The summed E-state index contributed by atoms with van der Waals surface area (Å²) in [4.78, 5) is 4.45. The molecule has 0 N–H and O–H groups in total. The molecule has 0 unspecified atom stereocenters. The largest absolute Gasteiger partial charge is 0.493 e. The normalized spacial score (nSPS) is 12.1. The number of fused-ring (bicyclic) bond motifs is 1. The third-order valence-corrected chi connectivity index (χ3v) is 5.67. The molecule has 4 aromatic rings. The molecule has 2 aromatic heterocycles. The van der Waals surface area contributed by atoms with Crippen LogP contribution in [0.3, 0.4) is 0 Å². The van der Waals surface area contributed by atoms with Gasteiger partial charge in [0.25, 0.3) is 0 Å². The molecule has 0 fully saturated rings. The summed E-state index contributed by atoms with van der Waals surface area (Å²) in [5.74, 6) is 4.15. The Morgan fingerprint density at radius 2 is 1.72 bits per heavy atom. The highest BCUT2D eigenvalue weighted by atomic mass is 32.2. The molecule has 0 saturated carbocycles. The highest BCUT2D eigenvalue weighted by Crippen LogP contribution is 2.35. The van der Waals surface area contributed by atoms with Crippen molar-refractivity contribution < 1.29 is 23.5 Å². The van der Waals surface area contributed by atoms with Crippen molar-refractivity contribution in [3.05, 3.63) is 54.4 Å². The van der Waals surface area contributed by atoms with Gasteiger partial charge in [-0.05, 0) is 48.5 Å². The fraction of sp³-hybridized carbons (Fsp3) is 0.182. The maximum Gasteiger partial charge on any atom is 0.237 e. The fourth-order valence-corrected chi connectivity index (χ4v) is 3.80. The topological polar surface area (TPSA) is 102 Å². The van der Waals surface area contributed by atoms with E-state index in [1.54, 1.807) is 14.2 Å². The Bertz CT molecular complexity index is 1250. The Labute approximate surface area is 187 Å². The van der Waals surface area contributed by atoms with Crippen LogP contribution >= 0.6 is 11.8 Å². The van der Waals surface area contributed by atoms with E-state index in [1.165, 1.54) is 11.8 Å².